The SMILES string of the molecule is Cc1oc(CCl)cc1S(=O)(=O)N1CCCN(C)CC1. The third kappa shape index (κ3) is 3.13. The highest BCUT2D eigenvalue weighted by Gasteiger charge is 2.29. The minimum absolute atomic E-state index is 0.180. The van der Waals surface area contributed by atoms with Crippen molar-refractivity contribution in [2.75, 3.05) is 33.2 Å². The summed E-state index contributed by atoms with van der Waals surface area (Å²) in [6.45, 7) is 4.39. The molecule has 2 rings (SSSR count). The Morgan fingerprint density at radius 3 is 2.68 bits per heavy atom. The smallest absolute Gasteiger partial charge is 0.246 e. The number of sulfonamides is 1. The summed E-state index contributed by atoms with van der Waals surface area (Å²) in [4.78, 5) is 2.38. The van der Waals surface area contributed by atoms with Crippen LogP contribution in [-0.2, 0) is 15.9 Å². The van der Waals surface area contributed by atoms with E-state index in [1.165, 1.54) is 10.4 Å². The van der Waals surface area contributed by atoms with Crippen LogP contribution in [0.4, 0.5) is 0 Å². The monoisotopic (exact) mass is 306 g/mol. The summed E-state index contributed by atoms with van der Waals surface area (Å²) in [5.41, 5.74) is 0. The van der Waals surface area contributed by atoms with Gasteiger partial charge in [0.1, 0.15) is 16.4 Å². The average molecular weight is 307 g/mol. The van der Waals surface area contributed by atoms with Gasteiger partial charge >= 0.3 is 0 Å². The van der Waals surface area contributed by atoms with Crippen molar-refractivity contribution in [3.63, 3.8) is 0 Å². The Bertz CT molecular complexity index is 541. The molecule has 0 N–H and O–H groups in total. The van der Waals surface area contributed by atoms with Crippen molar-refractivity contribution in [3.05, 3.63) is 17.6 Å². The molecule has 1 fully saturated rings. The van der Waals surface area contributed by atoms with E-state index in [2.05, 4.69) is 4.90 Å². The van der Waals surface area contributed by atoms with Crippen molar-refractivity contribution >= 4 is 21.6 Å². The van der Waals surface area contributed by atoms with E-state index in [1.54, 1.807) is 6.92 Å². The highest BCUT2D eigenvalue weighted by Crippen LogP contribution is 2.25. The number of aryl methyl sites for hydroxylation is 1. The van der Waals surface area contributed by atoms with Gasteiger partial charge < -0.3 is 9.32 Å². The molecule has 0 spiro atoms. The third-order valence-electron chi connectivity index (χ3n) is 3.35. The zero-order chi connectivity index (χ0) is 14.0. The molecule has 0 bridgehead atoms. The van der Waals surface area contributed by atoms with Gasteiger partial charge in [-0.2, -0.15) is 4.31 Å². The Balaban J connectivity index is 2.28. The van der Waals surface area contributed by atoms with Gasteiger partial charge in [0.25, 0.3) is 0 Å². The molecule has 108 valence electrons. The van der Waals surface area contributed by atoms with E-state index in [1.807, 2.05) is 7.05 Å². The van der Waals surface area contributed by atoms with E-state index in [4.69, 9.17) is 16.0 Å². The molecule has 1 aliphatic heterocycles. The van der Waals surface area contributed by atoms with Crippen molar-refractivity contribution in [2.45, 2.75) is 24.1 Å². The summed E-state index contributed by atoms with van der Waals surface area (Å²) < 4.78 is 32.1. The van der Waals surface area contributed by atoms with Gasteiger partial charge in [0, 0.05) is 25.7 Å². The first-order chi connectivity index (χ1) is 8.95. The molecular weight excluding hydrogens is 288 g/mol. The number of rotatable bonds is 3. The standard InChI is InChI=1S/C12H19ClN2O3S/c1-10-12(8-11(9-13)18-10)19(16,17)15-5-3-4-14(2)6-7-15/h8H,3-7,9H2,1-2H3. The number of furan rings is 1. The van der Waals surface area contributed by atoms with E-state index < -0.39 is 10.0 Å². The molecule has 0 unspecified atom stereocenters. The molecule has 0 radical (unpaired) electrons. The predicted octanol–water partition coefficient (Wildman–Crippen LogP) is 1.65. The molecule has 0 atom stereocenters. The summed E-state index contributed by atoms with van der Waals surface area (Å²) in [5.74, 6) is 1.08. The second-order valence-corrected chi connectivity index (χ2v) is 7.00. The highest BCUT2D eigenvalue weighted by atomic mass is 35.5. The summed E-state index contributed by atoms with van der Waals surface area (Å²) in [6.07, 6.45) is 0.842. The second kappa shape index (κ2) is 5.83. The quantitative estimate of drug-likeness (QED) is 0.797. The Hall–Kier alpha value is -0.560. The number of hydrogen-bond acceptors (Lipinski definition) is 4. The summed E-state index contributed by atoms with van der Waals surface area (Å²) in [5, 5.41) is 0. The van der Waals surface area contributed by atoms with E-state index in [0.29, 0.717) is 24.6 Å². The zero-order valence-corrected chi connectivity index (χ0v) is 12.8. The predicted molar refractivity (Wildman–Crippen MR) is 73.9 cm³/mol. The Kier molecular flexibility index (Phi) is 4.55. The molecule has 5 nitrogen and oxygen atoms in total. The third-order valence-corrected chi connectivity index (χ3v) is 5.62. The minimum atomic E-state index is -3.47. The number of halogens is 1. The molecule has 1 aromatic rings. The number of hydrogen-bond donors (Lipinski definition) is 0. The summed E-state index contributed by atoms with van der Waals surface area (Å²) in [7, 11) is -1.47. The fraction of sp³-hybridized carbons (Fsp3) is 0.667. The average Bonchev–Trinajstić information content (AvgIpc) is 2.60. The van der Waals surface area contributed by atoms with Crippen LogP contribution in [0.1, 0.15) is 17.9 Å². The van der Waals surface area contributed by atoms with Gasteiger partial charge in [-0.1, -0.05) is 0 Å². The maximum atomic E-state index is 12.6. The van der Waals surface area contributed by atoms with Crippen molar-refractivity contribution in [3.8, 4) is 0 Å². The van der Waals surface area contributed by atoms with Gasteiger partial charge in [0.05, 0.1) is 5.88 Å². The maximum Gasteiger partial charge on any atom is 0.246 e. The van der Waals surface area contributed by atoms with Gasteiger partial charge in [-0.05, 0) is 26.9 Å². The van der Waals surface area contributed by atoms with Gasteiger partial charge in [-0.25, -0.2) is 8.42 Å². The van der Waals surface area contributed by atoms with E-state index in [-0.39, 0.29) is 10.8 Å². The first-order valence-corrected chi connectivity index (χ1v) is 8.26. The van der Waals surface area contributed by atoms with Crippen LogP contribution in [0.15, 0.2) is 15.4 Å². The largest absolute Gasteiger partial charge is 0.464 e. The fourth-order valence-corrected chi connectivity index (χ4v) is 4.04. The van der Waals surface area contributed by atoms with E-state index in [0.717, 1.165) is 19.5 Å². The molecule has 0 amide bonds. The number of likely N-dealkylation sites (N-methyl/N-ethyl adjacent to an activating group) is 1. The molecule has 0 saturated carbocycles. The van der Waals surface area contributed by atoms with Crippen LogP contribution in [0, 0.1) is 6.92 Å². The van der Waals surface area contributed by atoms with Crippen LogP contribution < -0.4 is 0 Å². The lowest BCUT2D eigenvalue weighted by Gasteiger charge is -2.19. The minimum Gasteiger partial charge on any atom is -0.464 e. The van der Waals surface area contributed by atoms with Gasteiger partial charge in [0.2, 0.25) is 10.0 Å². The zero-order valence-electron chi connectivity index (χ0n) is 11.2. The lowest BCUT2D eigenvalue weighted by Crippen LogP contribution is -2.34. The van der Waals surface area contributed by atoms with Crippen LogP contribution in [0.3, 0.4) is 0 Å². The molecule has 0 aromatic carbocycles. The molecule has 0 aliphatic carbocycles. The van der Waals surface area contributed by atoms with Crippen molar-refractivity contribution in [2.24, 2.45) is 0 Å². The number of alkyl halides is 1. The first kappa shape index (κ1) is 14.8. The molecule has 2 heterocycles. The van der Waals surface area contributed by atoms with Crippen LogP contribution >= 0.6 is 11.6 Å². The molecule has 7 heteroatoms. The van der Waals surface area contributed by atoms with Crippen LogP contribution in [-0.4, -0.2) is 50.8 Å². The second-order valence-electron chi connectivity index (χ2n) is 4.83. The topological polar surface area (TPSA) is 53.8 Å². The maximum absolute atomic E-state index is 12.6. The molecular formula is C12H19ClN2O3S. The Morgan fingerprint density at radius 2 is 2.05 bits per heavy atom. The molecule has 1 aliphatic rings. The van der Waals surface area contributed by atoms with E-state index >= 15 is 0 Å². The first-order valence-electron chi connectivity index (χ1n) is 6.29. The van der Waals surface area contributed by atoms with Crippen molar-refractivity contribution in [1.82, 2.24) is 9.21 Å². The lowest BCUT2D eigenvalue weighted by molar-refractivity contribution is 0.347. The Labute approximate surface area is 119 Å². The lowest BCUT2D eigenvalue weighted by atomic mass is 10.4. The van der Waals surface area contributed by atoms with Gasteiger partial charge in [0.15, 0.2) is 0 Å². The summed E-state index contributed by atoms with van der Waals surface area (Å²) >= 11 is 5.68. The van der Waals surface area contributed by atoms with Crippen molar-refractivity contribution < 1.29 is 12.8 Å². The number of nitrogens with zero attached hydrogens (tertiary/aromatic N) is 2. The van der Waals surface area contributed by atoms with Crippen molar-refractivity contribution in [1.29, 1.82) is 0 Å². The van der Waals surface area contributed by atoms with Crippen LogP contribution in [0.5, 0.6) is 0 Å². The molecule has 19 heavy (non-hydrogen) atoms. The van der Waals surface area contributed by atoms with Crippen LogP contribution in [0.25, 0.3) is 0 Å². The van der Waals surface area contributed by atoms with Gasteiger partial charge in [-0.3, -0.25) is 0 Å². The fourth-order valence-electron chi connectivity index (χ4n) is 2.25. The summed E-state index contributed by atoms with van der Waals surface area (Å²) in [6, 6.07) is 1.53. The van der Waals surface area contributed by atoms with Crippen LogP contribution in [0.2, 0.25) is 0 Å². The van der Waals surface area contributed by atoms with E-state index in [9.17, 15) is 8.42 Å². The highest BCUT2D eigenvalue weighted by molar-refractivity contribution is 7.89. The Morgan fingerprint density at radius 1 is 1.32 bits per heavy atom. The molecule has 1 aromatic heterocycles. The molecule has 1 saturated heterocycles. The normalized spacial score (nSPS) is 19.5. The van der Waals surface area contributed by atoms with Gasteiger partial charge in [-0.15, -0.1) is 11.6 Å².